The molecule has 0 spiro atoms. The fourth-order valence-electron chi connectivity index (χ4n) is 2.13. The van der Waals surface area contributed by atoms with Gasteiger partial charge in [-0.1, -0.05) is 11.6 Å². The molecule has 1 aliphatic heterocycles. The largest absolute Gasteiger partial charge is 0.507 e. The van der Waals surface area contributed by atoms with Gasteiger partial charge in [-0.05, 0) is 45.0 Å². The summed E-state index contributed by atoms with van der Waals surface area (Å²) in [6.45, 7) is 4.28. The lowest BCUT2D eigenvalue weighted by Gasteiger charge is -2.12. The van der Waals surface area contributed by atoms with Crippen LogP contribution in [0.5, 0.6) is 5.75 Å². The van der Waals surface area contributed by atoms with Gasteiger partial charge in [-0.15, -0.1) is 0 Å². The molecule has 0 aliphatic carbocycles. The van der Waals surface area contributed by atoms with Crippen molar-refractivity contribution in [3.05, 3.63) is 29.3 Å². The van der Waals surface area contributed by atoms with E-state index in [4.69, 9.17) is 0 Å². The lowest BCUT2D eigenvalue weighted by Crippen LogP contribution is -2.33. The van der Waals surface area contributed by atoms with E-state index in [2.05, 4.69) is 15.4 Å². The predicted octanol–water partition coefficient (Wildman–Crippen LogP) is 1.25. The molecule has 0 atom stereocenters. The molecular formula is C14H19N3O2. The van der Waals surface area contributed by atoms with Crippen molar-refractivity contribution in [2.45, 2.75) is 19.8 Å². The van der Waals surface area contributed by atoms with E-state index in [0.29, 0.717) is 12.1 Å². The van der Waals surface area contributed by atoms with Crippen LogP contribution in [0.4, 0.5) is 0 Å². The minimum absolute atomic E-state index is 0.120. The van der Waals surface area contributed by atoms with Gasteiger partial charge in [-0.25, -0.2) is 5.43 Å². The van der Waals surface area contributed by atoms with E-state index in [9.17, 15) is 9.90 Å². The van der Waals surface area contributed by atoms with Crippen molar-refractivity contribution in [2.24, 2.45) is 5.10 Å². The number of rotatable bonds is 4. The first kappa shape index (κ1) is 13.5. The maximum absolute atomic E-state index is 11.6. The SMILES string of the molecule is Cc1ccc(O)c(/C=N/NC(=O)CN2CCCC2)c1. The number of amides is 1. The van der Waals surface area contributed by atoms with E-state index in [-0.39, 0.29) is 11.7 Å². The number of phenols is 1. The van der Waals surface area contributed by atoms with Crippen LogP contribution < -0.4 is 5.43 Å². The van der Waals surface area contributed by atoms with Crippen LogP contribution in [0.3, 0.4) is 0 Å². The molecule has 1 aromatic rings. The van der Waals surface area contributed by atoms with Crippen molar-refractivity contribution < 1.29 is 9.90 Å². The minimum atomic E-state index is -0.120. The van der Waals surface area contributed by atoms with Crippen LogP contribution in [0.2, 0.25) is 0 Å². The summed E-state index contributed by atoms with van der Waals surface area (Å²) in [5.41, 5.74) is 4.11. The second-order valence-corrected chi connectivity index (χ2v) is 4.84. The van der Waals surface area contributed by atoms with Crippen LogP contribution in [0, 0.1) is 6.92 Å². The zero-order valence-electron chi connectivity index (χ0n) is 11.1. The Hall–Kier alpha value is -1.88. The standard InChI is InChI=1S/C14H19N3O2/c1-11-4-5-13(18)12(8-11)9-15-16-14(19)10-17-6-2-3-7-17/h4-5,8-9,18H,2-3,6-7,10H2,1H3,(H,16,19)/b15-9+. The van der Waals surface area contributed by atoms with E-state index in [0.717, 1.165) is 31.5 Å². The first-order valence-electron chi connectivity index (χ1n) is 6.49. The molecule has 1 aromatic carbocycles. The topological polar surface area (TPSA) is 64.9 Å². The molecule has 0 unspecified atom stereocenters. The highest BCUT2D eigenvalue weighted by Crippen LogP contribution is 2.15. The van der Waals surface area contributed by atoms with Gasteiger partial charge in [-0.3, -0.25) is 9.69 Å². The number of carbonyl (C=O) groups excluding carboxylic acids is 1. The molecule has 0 aromatic heterocycles. The summed E-state index contributed by atoms with van der Waals surface area (Å²) < 4.78 is 0. The summed E-state index contributed by atoms with van der Waals surface area (Å²) in [5, 5.41) is 13.5. The lowest BCUT2D eigenvalue weighted by molar-refractivity contribution is -0.121. The van der Waals surface area contributed by atoms with Crippen LogP contribution in [-0.2, 0) is 4.79 Å². The number of likely N-dealkylation sites (tertiary alicyclic amines) is 1. The Morgan fingerprint density at radius 2 is 2.21 bits per heavy atom. The molecule has 5 heteroatoms. The Morgan fingerprint density at radius 1 is 1.47 bits per heavy atom. The number of hydrogen-bond donors (Lipinski definition) is 2. The van der Waals surface area contributed by atoms with E-state index in [1.165, 1.54) is 6.21 Å². The monoisotopic (exact) mass is 261 g/mol. The van der Waals surface area contributed by atoms with Gasteiger partial charge >= 0.3 is 0 Å². The fraction of sp³-hybridized carbons (Fsp3) is 0.429. The molecule has 1 aliphatic rings. The molecule has 1 amide bonds. The average Bonchev–Trinajstić information content (AvgIpc) is 2.86. The number of hydrazone groups is 1. The molecule has 0 bridgehead atoms. The number of nitrogens with one attached hydrogen (secondary N) is 1. The number of aromatic hydroxyl groups is 1. The summed E-state index contributed by atoms with van der Waals surface area (Å²) in [4.78, 5) is 13.7. The van der Waals surface area contributed by atoms with Crippen LogP contribution >= 0.6 is 0 Å². The van der Waals surface area contributed by atoms with Gasteiger partial charge in [0.15, 0.2) is 0 Å². The smallest absolute Gasteiger partial charge is 0.254 e. The number of hydrogen-bond acceptors (Lipinski definition) is 4. The van der Waals surface area contributed by atoms with Crippen molar-refractivity contribution in [2.75, 3.05) is 19.6 Å². The third-order valence-electron chi connectivity index (χ3n) is 3.14. The van der Waals surface area contributed by atoms with Crippen LogP contribution in [0.15, 0.2) is 23.3 Å². The number of benzene rings is 1. The number of phenolic OH excluding ortho intramolecular Hbond substituents is 1. The zero-order chi connectivity index (χ0) is 13.7. The molecule has 102 valence electrons. The second kappa shape index (κ2) is 6.33. The fourth-order valence-corrected chi connectivity index (χ4v) is 2.13. The van der Waals surface area contributed by atoms with Crippen LogP contribution in [0.1, 0.15) is 24.0 Å². The zero-order valence-corrected chi connectivity index (χ0v) is 11.1. The Balaban J connectivity index is 1.85. The molecule has 0 radical (unpaired) electrons. The van der Waals surface area contributed by atoms with Gasteiger partial charge in [-0.2, -0.15) is 5.10 Å². The van der Waals surface area contributed by atoms with Crippen molar-refractivity contribution in [1.82, 2.24) is 10.3 Å². The molecule has 2 rings (SSSR count). The highest BCUT2D eigenvalue weighted by Gasteiger charge is 2.14. The maximum atomic E-state index is 11.6. The van der Waals surface area contributed by atoms with E-state index in [1.807, 2.05) is 19.1 Å². The van der Waals surface area contributed by atoms with Gasteiger partial charge in [0.05, 0.1) is 12.8 Å². The van der Waals surface area contributed by atoms with E-state index in [1.54, 1.807) is 6.07 Å². The summed E-state index contributed by atoms with van der Waals surface area (Å²) in [5.74, 6) is 0.0356. The van der Waals surface area contributed by atoms with Crippen LogP contribution in [0.25, 0.3) is 0 Å². The summed E-state index contributed by atoms with van der Waals surface area (Å²) >= 11 is 0. The summed E-state index contributed by atoms with van der Waals surface area (Å²) in [6.07, 6.45) is 3.78. The van der Waals surface area contributed by atoms with Gasteiger partial charge in [0.2, 0.25) is 0 Å². The van der Waals surface area contributed by atoms with Crippen LogP contribution in [-0.4, -0.2) is 41.8 Å². The van der Waals surface area contributed by atoms with Gasteiger partial charge in [0.25, 0.3) is 5.91 Å². The minimum Gasteiger partial charge on any atom is -0.507 e. The Morgan fingerprint density at radius 3 is 2.95 bits per heavy atom. The van der Waals surface area contributed by atoms with Crippen molar-refractivity contribution in [3.63, 3.8) is 0 Å². The molecule has 1 fully saturated rings. The predicted molar refractivity (Wildman–Crippen MR) is 74.3 cm³/mol. The number of aryl methyl sites for hydroxylation is 1. The maximum Gasteiger partial charge on any atom is 0.254 e. The molecule has 19 heavy (non-hydrogen) atoms. The lowest BCUT2D eigenvalue weighted by atomic mass is 10.1. The summed E-state index contributed by atoms with van der Waals surface area (Å²) in [7, 11) is 0. The third-order valence-corrected chi connectivity index (χ3v) is 3.14. The first-order valence-corrected chi connectivity index (χ1v) is 6.49. The highest BCUT2D eigenvalue weighted by atomic mass is 16.3. The van der Waals surface area contributed by atoms with Crippen molar-refractivity contribution >= 4 is 12.1 Å². The average molecular weight is 261 g/mol. The van der Waals surface area contributed by atoms with Crippen molar-refractivity contribution in [1.29, 1.82) is 0 Å². The van der Waals surface area contributed by atoms with E-state index < -0.39 is 0 Å². The first-order chi connectivity index (χ1) is 9.15. The number of nitrogens with zero attached hydrogens (tertiary/aromatic N) is 2. The Kier molecular flexibility index (Phi) is 4.52. The second-order valence-electron chi connectivity index (χ2n) is 4.84. The molecule has 2 N–H and O–H groups in total. The Bertz CT molecular complexity index is 480. The normalized spacial score (nSPS) is 16.1. The quantitative estimate of drug-likeness (QED) is 0.633. The van der Waals surface area contributed by atoms with Crippen molar-refractivity contribution in [3.8, 4) is 5.75 Å². The molecule has 1 heterocycles. The van der Waals surface area contributed by atoms with Gasteiger partial charge in [0, 0.05) is 5.56 Å². The molecular weight excluding hydrogens is 242 g/mol. The van der Waals surface area contributed by atoms with Gasteiger partial charge in [0.1, 0.15) is 5.75 Å². The number of carbonyl (C=O) groups is 1. The third kappa shape index (κ3) is 4.06. The highest BCUT2D eigenvalue weighted by molar-refractivity contribution is 5.85. The summed E-state index contributed by atoms with van der Waals surface area (Å²) in [6, 6.07) is 5.24. The van der Waals surface area contributed by atoms with E-state index >= 15 is 0 Å². The van der Waals surface area contributed by atoms with Gasteiger partial charge < -0.3 is 5.11 Å². The molecule has 5 nitrogen and oxygen atoms in total. The Labute approximate surface area is 112 Å². The molecule has 1 saturated heterocycles. The molecule has 0 saturated carbocycles.